The maximum absolute atomic E-state index is 12.3. The van der Waals surface area contributed by atoms with Crippen LogP contribution in [-0.4, -0.2) is 25.6 Å². The second-order valence-electron chi connectivity index (χ2n) is 6.64. The highest BCUT2D eigenvalue weighted by molar-refractivity contribution is 7.90. The Balaban J connectivity index is 1.95. The first-order chi connectivity index (χ1) is 11.9. The van der Waals surface area contributed by atoms with E-state index >= 15 is 0 Å². The van der Waals surface area contributed by atoms with Crippen LogP contribution in [0.15, 0.2) is 29.2 Å². The maximum Gasteiger partial charge on any atom is 0.328 e. The van der Waals surface area contributed by atoms with Crippen molar-refractivity contribution >= 4 is 16.1 Å². The van der Waals surface area contributed by atoms with E-state index in [1.165, 1.54) is 12.1 Å². The first-order valence-corrected chi connectivity index (χ1v) is 10.5. The Hall–Kier alpha value is -1.60. The van der Waals surface area contributed by atoms with Crippen LogP contribution in [0.1, 0.15) is 70.0 Å². The minimum absolute atomic E-state index is 0.0118. The molecule has 1 aliphatic rings. The largest absolute Gasteiger partial charge is 0.388 e. The molecule has 1 unspecified atom stereocenters. The molecule has 1 fully saturated rings. The number of hydrogen-bond donors (Lipinski definition) is 3. The lowest BCUT2D eigenvalue weighted by molar-refractivity contribution is 0.164. The first-order valence-electron chi connectivity index (χ1n) is 9.03. The molecule has 1 aromatic rings. The third-order valence-corrected chi connectivity index (χ3v) is 5.92. The predicted molar refractivity (Wildman–Crippen MR) is 96.7 cm³/mol. The molecule has 0 saturated heterocycles. The summed E-state index contributed by atoms with van der Waals surface area (Å²) >= 11 is 0. The summed E-state index contributed by atoms with van der Waals surface area (Å²) in [5, 5.41) is 12.8. The Morgan fingerprint density at radius 2 is 1.84 bits per heavy atom. The molecule has 1 aromatic carbocycles. The first kappa shape index (κ1) is 19.7. The van der Waals surface area contributed by atoms with Gasteiger partial charge in [-0.1, -0.05) is 51.2 Å². The van der Waals surface area contributed by atoms with Crippen molar-refractivity contribution in [1.29, 1.82) is 0 Å². The maximum atomic E-state index is 12.3. The fourth-order valence-electron chi connectivity index (χ4n) is 3.08. The van der Waals surface area contributed by atoms with E-state index in [4.69, 9.17) is 0 Å². The van der Waals surface area contributed by atoms with Gasteiger partial charge in [-0.2, -0.15) is 0 Å². The molecule has 1 aliphatic carbocycles. The van der Waals surface area contributed by atoms with Gasteiger partial charge < -0.3 is 10.4 Å². The number of amides is 2. The van der Waals surface area contributed by atoms with Crippen LogP contribution in [0.3, 0.4) is 0 Å². The molecule has 7 heteroatoms. The summed E-state index contributed by atoms with van der Waals surface area (Å²) in [4.78, 5) is 12.0. The smallest absolute Gasteiger partial charge is 0.328 e. The Morgan fingerprint density at radius 1 is 1.20 bits per heavy atom. The Kier molecular flexibility index (Phi) is 7.25. The summed E-state index contributed by atoms with van der Waals surface area (Å²) in [5.41, 5.74) is 0.680. The minimum atomic E-state index is -3.91. The molecule has 1 saturated carbocycles. The average Bonchev–Trinajstić information content (AvgIpc) is 2.60. The minimum Gasteiger partial charge on any atom is -0.388 e. The highest BCUT2D eigenvalue weighted by atomic mass is 32.2. The Morgan fingerprint density at radius 3 is 2.44 bits per heavy atom. The molecule has 25 heavy (non-hydrogen) atoms. The molecule has 0 bridgehead atoms. The molecule has 0 heterocycles. The average molecular weight is 368 g/mol. The van der Waals surface area contributed by atoms with Crippen LogP contribution in [0.2, 0.25) is 0 Å². The van der Waals surface area contributed by atoms with Crippen LogP contribution < -0.4 is 10.0 Å². The zero-order chi connectivity index (χ0) is 18.3. The number of rotatable bonds is 7. The third-order valence-electron chi connectivity index (χ3n) is 4.57. The van der Waals surface area contributed by atoms with E-state index in [0.29, 0.717) is 12.0 Å². The molecule has 0 radical (unpaired) electrons. The summed E-state index contributed by atoms with van der Waals surface area (Å²) in [6.45, 7) is 2.05. The van der Waals surface area contributed by atoms with E-state index in [-0.39, 0.29) is 10.9 Å². The van der Waals surface area contributed by atoms with E-state index in [1.807, 2.05) is 6.92 Å². The lowest BCUT2D eigenvalue weighted by atomic mass is 9.96. The molecular formula is C18H28N2O4S. The normalized spacial score (nSPS) is 17.0. The van der Waals surface area contributed by atoms with E-state index in [0.717, 1.165) is 44.9 Å². The predicted octanol–water partition coefficient (Wildman–Crippen LogP) is 3.23. The topological polar surface area (TPSA) is 95.5 Å². The second-order valence-corrected chi connectivity index (χ2v) is 8.32. The lowest BCUT2D eigenvalue weighted by Gasteiger charge is -2.22. The fourth-order valence-corrected chi connectivity index (χ4v) is 3.99. The number of sulfonamides is 1. The van der Waals surface area contributed by atoms with Crippen molar-refractivity contribution in [1.82, 2.24) is 10.0 Å². The van der Waals surface area contributed by atoms with Gasteiger partial charge in [0, 0.05) is 6.04 Å². The van der Waals surface area contributed by atoms with Gasteiger partial charge in [-0.15, -0.1) is 0 Å². The van der Waals surface area contributed by atoms with Crippen molar-refractivity contribution < 1.29 is 18.3 Å². The Labute approximate surface area is 150 Å². The quantitative estimate of drug-likeness (QED) is 0.688. The summed E-state index contributed by atoms with van der Waals surface area (Å²) < 4.78 is 26.7. The van der Waals surface area contributed by atoms with Gasteiger partial charge in [0.05, 0.1) is 11.0 Å². The Bertz CT molecular complexity index is 652. The summed E-state index contributed by atoms with van der Waals surface area (Å²) in [6.07, 6.45) is 6.99. The van der Waals surface area contributed by atoms with Crippen LogP contribution in [-0.2, 0) is 10.0 Å². The molecule has 0 spiro atoms. The highest BCUT2D eigenvalue weighted by Crippen LogP contribution is 2.21. The van der Waals surface area contributed by atoms with Crippen LogP contribution in [0.25, 0.3) is 0 Å². The van der Waals surface area contributed by atoms with Crippen molar-refractivity contribution in [2.75, 3.05) is 0 Å². The zero-order valence-corrected chi connectivity index (χ0v) is 15.5. The molecule has 2 amide bonds. The van der Waals surface area contributed by atoms with E-state index in [2.05, 4.69) is 10.0 Å². The molecule has 2 rings (SSSR count). The number of aliphatic hydroxyl groups excluding tert-OH is 1. The number of carbonyl (C=O) groups excluding carboxylic acids is 1. The highest BCUT2D eigenvalue weighted by Gasteiger charge is 2.21. The second kappa shape index (κ2) is 9.20. The lowest BCUT2D eigenvalue weighted by Crippen LogP contribution is -2.45. The number of hydrogen-bond acceptors (Lipinski definition) is 4. The van der Waals surface area contributed by atoms with Crippen LogP contribution in [0.4, 0.5) is 4.79 Å². The molecule has 3 N–H and O–H groups in total. The van der Waals surface area contributed by atoms with Crippen LogP contribution in [0, 0.1) is 0 Å². The van der Waals surface area contributed by atoms with Gasteiger partial charge in [0.1, 0.15) is 0 Å². The molecular weight excluding hydrogens is 340 g/mol. The SMILES string of the molecule is CCCCC(O)c1ccc(S(=O)(=O)NC(=O)NC2CCCCC2)cc1. The number of nitrogens with one attached hydrogen (secondary N) is 2. The monoisotopic (exact) mass is 368 g/mol. The van der Waals surface area contributed by atoms with Crippen molar-refractivity contribution in [3.63, 3.8) is 0 Å². The third kappa shape index (κ3) is 6.01. The van der Waals surface area contributed by atoms with E-state index < -0.39 is 22.2 Å². The van der Waals surface area contributed by atoms with Crippen molar-refractivity contribution in [2.24, 2.45) is 0 Å². The van der Waals surface area contributed by atoms with Gasteiger partial charge in [-0.05, 0) is 37.0 Å². The summed E-state index contributed by atoms with van der Waals surface area (Å²) in [6, 6.07) is 5.38. The van der Waals surface area contributed by atoms with E-state index in [9.17, 15) is 18.3 Å². The summed E-state index contributed by atoms with van der Waals surface area (Å²) in [7, 11) is -3.91. The molecule has 0 aliphatic heterocycles. The zero-order valence-electron chi connectivity index (χ0n) is 14.7. The van der Waals surface area contributed by atoms with Gasteiger partial charge in [-0.25, -0.2) is 17.9 Å². The van der Waals surface area contributed by atoms with Gasteiger partial charge >= 0.3 is 6.03 Å². The number of aliphatic hydroxyl groups is 1. The van der Waals surface area contributed by atoms with Crippen LogP contribution >= 0.6 is 0 Å². The number of urea groups is 1. The van der Waals surface area contributed by atoms with Gasteiger partial charge in [0.2, 0.25) is 0 Å². The summed E-state index contributed by atoms with van der Waals surface area (Å²) in [5.74, 6) is 0. The fraction of sp³-hybridized carbons (Fsp3) is 0.611. The van der Waals surface area contributed by atoms with Crippen LogP contribution in [0.5, 0.6) is 0 Å². The van der Waals surface area contributed by atoms with Gasteiger partial charge in [0.25, 0.3) is 10.0 Å². The molecule has 1 atom stereocenters. The van der Waals surface area contributed by atoms with Crippen molar-refractivity contribution in [3.05, 3.63) is 29.8 Å². The van der Waals surface area contributed by atoms with Gasteiger partial charge in [-0.3, -0.25) is 0 Å². The number of unbranched alkanes of at least 4 members (excludes halogenated alkanes) is 1. The van der Waals surface area contributed by atoms with Gasteiger partial charge in [0.15, 0.2) is 0 Å². The van der Waals surface area contributed by atoms with Crippen molar-refractivity contribution in [3.8, 4) is 0 Å². The standard InChI is InChI=1S/C18H28N2O4S/c1-2-3-9-17(21)14-10-12-16(13-11-14)25(23,24)20-18(22)19-15-7-5-4-6-8-15/h10-13,15,17,21H,2-9H2,1H3,(H2,19,20,22). The van der Waals surface area contributed by atoms with E-state index in [1.54, 1.807) is 12.1 Å². The molecule has 6 nitrogen and oxygen atoms in total. The van der Waals surface area contributed by atoms with Crippen molar-refractivity contribution in [2.45, 2.75) is 75.3 Å². The molecule has 0 aromatic heterocycles. The number of carbonyl (C=O) groups is 1. The number of benzene rings is 1. The molecule has 140 valence electrons.